The molecule has 0 atom stereocenters. The van der Waals surface area contributed by atoms with Gasteiger partial charge < -0.3 is 5.21 Å². The Hall–Kier alpha value is -0.970. The van der Waals surface area contributed by atoms with Crippen LogP contribution in [0.15, 0.2) is 34.9 Å². The monoisotopic (exact) mass is 252 g/mol. The molecular formula is C10H9BrN2O. The third-order valence-electron chi connectivity index (χ3n) is 2.07. The van der Waals surface area contributed by atoms with Crippen molar-refractivity contribution in [2.75, 3.05) is 0 Å². The average Bonchev–Trinajstić information content (AvgIpc) is 2.23. The van der Waals surface area contributed by atoms with Crippen molar-refractivity contribution in [3.63, 3.8) is 0 Å². The van der Waals surface area contributed by atoms with E-state index >= 15 is 0 Å². The van der Waals surface area contributed by atoms with Crippen molar-refractivity contribution in [3.8, 4) is 0 Å². The Morgan fingerprint density at radius 2 is 2.21 bits per heavy atom. The van der Waals surface area contributed by atoms with Crippen LogP contribution < -0.4 is 5.48 Å². The summed E-state index contributed by atoms with van der Waals surface area (Å²) in [5, 5.41) is 9.71. The summed E-state index contributed by atoms with van der Waals surface area (Å²) in [5.74, 6) is 0. The summed E-state index contributed by atoms with van der Waals surface area (Å²) >= 11 is 3.46. The molecule has 0 saturated heterocycles. The minimum absolute atomic E-state index is 0.404. The van der Waals surface area contributed by atoms with E-state index in [1.54, 1.807) is 6.20 Å². The number of nitrogens with zero attached hydrogens (tertiary/aromatic N) is 1. The molecule has 72 valence electrons. The largest absolute Gasteiger partial charge is 0.316 e. The number of hydrogen-bond donors (Lipinski definition) is 2. The van der Waals surface area contributed by atoms with E-state index in [-0.39, 0.29) is 0 Å². The number of pyridine rings is 1. The minimum atomic E-state index is 0.404. The van der Waals surface area contributed by atoms with Gasteiger partial charge in [0.05, 0.1) is 5.52 Å². The molecule has 2 rings (SSSR count). The maximum atomic E-state index is 8.66. The molecule has 2 aromatic rings. The molecule has 0 fully saturated rings. The molecule has 1 aromatic heterocycles. The first-order chi connectivity index (χ1) is 6.83. The number of aromatic nitrogens is 1. The number of hydrogen-bond acceptors (Lipinski definition) is 3. The van der Waals surface area contributed by atoms with Gasteiger partial charge in [-0.1, -0.05) is 28.1 Å². The fraction of sp³-hybridized carbons (Fsp3) is 0.100. The normalized spacial score (nSPS) is 10.7. The summed E-state index contributed by atoms with van der Waals surface area (Å²) in [7, 11) is 0. The Kier molecular flexibility index (Phi) is 2.77. The van der Waals surface area contributed by atoms with E-state index in [2.05, 4.69) is 26.4 Å². The Morgan fingerprint density at radius 3 is 3.00 bits per heavy atom. The van der Waals surface area contributed by atoms with E-state index in [9.17, 15) is 0 Å². The first-order valence-corrected chi connectivity index (χ1v) is 5.01. The third kappa shape index (κ3) is 1.64. The lowest BCUT2D eigenvalue weighted by atomic mass is 10.1. The van der Waals surface area contributed by atoms with E-state index < -0.39 is 0 Å². The van der Waals surface area contributed by atoms with E-state index in [4.69, 9.17) is 5.21 Å². The summed E-state index contributed by atoms with van der Waals surface area (Å²) in [6, 6.07) is 7.77. The van der Waals surface area contributed by atoms with Crippen LogP contribution in [0, 0.1) is 0 Å². The molecule has 4 heteroatoms. The summed E-state index contributed by atoms with van der Waals surface area (Å²) in [4.78, 5) is 4.28. The van der Waals surface area contributed by atoms with Crippen LogP contribution in [-0.2, 0) is 6.54 Å². The van der Waals surface area contributed by atoms with Crippen molar-refractivity contribution in [2.45, 2.75) is 6.54 Å². The van der Waals surface area contributed by atoms with Gasteiger partial charge in [-0.25, -0.2) is 5.48 Å². The second kappa shape index (κ2) is 4.04. The quantitative estimate of drug-likeness (QED) is 0.808. The lowest BCUT2D eigenvalue weighted by Crippen LogP contribution is -2.06. The highest BCUT2D eigenvalue weighted by Crippen LogP contribution is 2.24. The van der Waals surface area contributed by atoms with E-state index in [0.29, 0.717) is 6.54 Å². The van der Waals surface area contributed by atoms with Crippen LogP contribution in [0.25, 0.3) is 10.9 Å². The Bertz CT molecular complexity index is 459. The zero-order valence-corrected chi connectivity index (χ0v) is 8.95. The first kappa shape index (κ1) is 9.58. The van der Waals surface area contributed by atoms with E-state index in [1.165, 1.54) is 0 Å². The number of hydroxylamine groups is 1. The number of benzene rings is 1. The number of nitrogens with one attached hydrogen (secondary N) is 1. The van der Waals surface area contributed by atoms with Crippen LogP contribution in [0.3, 0.4) is 0 Å². The molecule has 0 unspecified atom stereocenters. The molecule has 0 aliphatic heterocycles. The van der Waals surface area contributed by atoms with Gasteiger partial charge in [-0.15, -0.1) is 0 Å². The standard InChI is InChI=1S/C10H9BrN2O/c11-9-4-3-7(6-13-14)10-8(9)2-1-5-12-10/h1-5,13-14H,6H2. The van der Waals surface area contributed by atoms with Crippen LogP contribution in [0.1, 0.15) is 5.56 Å². The van der Waals surface area contributed by atoms with E-state index in [0.717, 1.165) is 20.9 Å². The van der Waals surface area contributed by atoms with Gasteiger partial charge in [0.25, 0.3) is 0 Å². The Morgan fingerprint density at radius 1 is 1.36 bits per heavy atom. The van der Waals surface area contributed by atoms with Gasteiger partial charge in [-0.05, 0) is 17.7 Å². The highest BCUT2D eigenvalue weighted by molar-refractivity contribution is 9.10. The number of rotatable bonds is 2. The van der Waals surface area contributed by atoms with Gasteiger partial charge in [-0.3, -0.25) is 4.98 Å². The molecule has 0 aliphatic carbocycles. The molecule has 0 spiro atoms. The van der Waals surface area contributed by atoms with Crippen LogP contribution in [0.5, 0.6) is 0 Å². The zero-order chi connectivity index (χ0) is 9.97. The van der Waals surface area contributed by atoms with Crippen molar-refractivity contribution < 1.29 is 5.21 Å². The Balaban J connectivity index is 2.68. The number of fused-ring (bicyclic) bond motifs is 1. The van der Waals surface area contributed by atoms with Crippen molar-refractivity contribution in [3.05, 3.63) is 40.5 Å². The fourth-order valence-electron chi connectivity index (χ4n) is 1.42. The molecule has 1 aromatic carbocycles. The van der Waals surface area contributed by atoms with Gasteiger partial charge in [0.15, 0.2) is 0 Å². The van der Waals surface area contributed by atoms with Crippen molar-refractivity contribution in [1.29, 1.82) is 0 Å². The highest BCUT2D eigenvalue weighted by atomic mass is 79.9. The van der Waals surface area contributed by atoms with Gasteiger partial charge in [0.1, 0.15) is 0 Å². The molecule has 0 bridgehead atoms. The second-order valence-corrected chi connectivity index (χ2v) is 3.80. The third-order valence-corrected chi connectivity index (χ3v) is 2.76. The van der Waals surface area contributed by atoms with Gasteiger partial charge in [0.2, 0.25) is 0 Å². The summed E-state index contributed by atoms with van der Waals surface area (Å²) < 4.78 is 1.02. The molecule has 1 heterocycles. The minimum Gasteiger partial charge on any atom is -0.316 e. The molecule has 14 heavy (non-hydrogen) atoms. The predicted molar refractivity (Wildman–Crippen MR) is 58.1 cm³/mol. The highest BCUT2D eigenvalue weighted by Gasteiger charge is 2.03. The molecule has 0 saturated carbocycles. The second-order valence-electron chi connectivity index (χ2n) is 2.94. The van der Waals surface area contributed by atoms with Crippen molar-refractivity contribution in [2.24, 2.45) is 0 Å². The molecule has 0 aliphatic rings. The summed E-state index contributed by atoms with van der Waals surface area (Å²) in [6.07, 6.45) is 1.75. The Labute approximate surface area is 89.9 Å². The number of halogens is 1. The topological polar surface area (TPSA) is 45.1 Å². The van der Waals surface area contributed by atoms with Gasteiger partial charge in [-0.2, -0.15) is 0 Å². The summed E-state index contributed by atoms with van der Waals surface area (Å²) in [5.41, 5.74) is 4.02. The predicted octanol–water partition coefficient (Wildman–Crippen LogP) is 2.48. The molecular weight excluding hydrogens is 244 g/mol. The molecule has 3 nitrogen and oxygen atoms in total. The van der Waals surface area contributed by atoms with Crippen LogP contribution in [0.2, 0.25) is 0 Å². The smallest absolute Gasteiger partial charge is 0.0759 e. The first-order valence-electron chi connectivity index (χ1n) is 4.22. The van der Waals surface area contributed by atoms with Crippen LogP contribution in [-0.4, -0.2) is 10.2 Å². The average molecular weight is 253 g/mol. The van der Waals surface area contributed by atoms with Crippen LogP contribution in [0.4, 0.5) is 0 Å². The summed E-state index contributed by atoms with van der Waals surface area (Å²) in [6.45, 7) is 0.404. The lowest BCUT2D eigenvalue weighted by molar-refractivity contribution is 0.161. The van der Waals surface area contributed by atoms with Gasteiger partial charge >= 0.3 is 0 Å². The molecule has 0 amide bonds. The molecule has 0 radical (unpaired) electrons. The SMILES string of the molecule is ONCc1ccc(Br)c2cccnc12. The van der Waals surface area contributed by atoms with E-state index in [1.807, 2.05) is 24.3 Å². The zero-order valence-electron chi connectivity index (χ0n) is 7.37. The van der Waals surface area contributed by atoms with Gasteiger partial charge in [0, 0.05) is 22.6 Å². The maximum Gasteiger partial charge on any atom is 0.0759 e. The lowest BCUT2D eigenvalue weighted by Gasteiger charge is -2.05. The maximum absolute atomic E-state index is 8.66. The fourth-order valence-corrected chi connectivity index (χ4v) is 1.88. The van der Waals surface area contributed by atoms with Crippen LogP contribution >= 0.6 is 15.9 Å². The van der Waals surface area contributed by atoms with Crippen molar-refractivity contribution in [1.82, 2.24) is 10.5 Å². The molecule has 2 N–H and O–H groups in total. The van der Waals surface area contributed by atoms with Crippen molar-refractivity contribution >= 4 is 26.8 Å².